The van der Waals surface area contributed by atoms with Gasteiger partial charge in [0.15, 0.2) is 5.78 Å². The van der Waals surface area contributed by atoms with Gasteiger partial charge >= 0.3 is 6.01 Å². The Morgan fingerprint density at radius 2 is 2.03 bits per heavy atom. The molecular weight excluding hydrogens is 462 g/mol. The van der Waals surface area contributed by atoms with Crippen molar-refractivity contribution in [3.05, 3.63) is 35.8 Å². The third-order valence-electron chi connectivity index (χ3n) is 6.58. The topological polar surface area (TPSA) is 123 Å². The van der Waals surface area contributed by atoms with Crippen LogP contribution in [0.15, 0.2) is 24.5 Å². The molecule has 0 aliphatic carbocycles. The first-order chi connectivity index (χ1) is 17.4. The summed E-state index contributed by atoms with van der Waals surface area (Å²) < 4.78 is 16.6. The van der Waals surface area contributed by atoms with Crippen molar-refractivity contribution in [3.8, 4) is 11.8 Å². The number of carbonyl (C=O) groups excluding carboxylic acids is 1. The lowest BCUT2D eigenvalue weighted by Gasteiger charge is -2.33. The Morgan fingerprint density at radius 3 is 2.72 bits per heavy atom. The lowest BCUT2D eigenvalue weighted by Crippen LogP contribution is -2.34. The van der Waals surface area contributed by atoms with E-state index in [1.165, 1.54) is 5.56 Å². The van der Waals surface area contributed by atoms with E-state index in [1.54, 1.807) is 26.5 Å². The molecule has 3 aromatic heterocycles. The molecule has 194 valence electrons. The molecule has 3 aromatic rings. The van der Waals surface area contributed by atoms with Gasteiger partial charge in [0.2, 0.25) is 0 Å². The van der Waals surface area contributed by atoms with Gasteiger partial charge in [0, 0.05) is 51.7 Å². The SMILES string of the molecule is COC[C@@H](C)Oc1nc(C(=O)C[C@H](C)CO)cc(N2CCC(c3c[nH]c4nccc(OC)c34)CC2)n1. The number of ether oxygens (including phenoxy) is 3. The molecule has 0 unspecified atom stereocenters. The molecule has 36 heavy (non-hydrogen) atoms. The number of Topliss-reactive ketones (excluding diaryl/α,β-unsaturated/α-hetero) is 1. The van der Waals surface area contributed by atoms with Gasteiger partial charge in [-0.15, -0.1) is 0 Å². The summed E-state index contributed by atoms with van der Waals surface area (Å²) >= 11 is 0. The van der Waals surface area contributed by atoms with Crippen LogP contribution in [0.2, 0.25) is 0 Å². The fourth-order valence-corrected chi connectivity index (χ4v) is 4.67. The molecular formula is C26H35N5O5. The highest BCUT2D eigenvalue weighted by atomic mass is 16.5. The maximum Gasteiger partial charge on any atom is 0.319 e. The second-order valence-corrected chi connectivity index (χ2v) is 9.43. The molecule has 0 bridgehead atoms. The molecule has 1 aliphatic rings. The van der Waals surface area contributed by atoms with Gasteiger partial charge in [-0.25, -0.2) is 4.98 Å². The maximum atomic E-state index is 12.9. The molecule has 2 N–H and O–H groups in total. The first kappa shape index (κ1) is 25.8. The minimum absolute atomic E-state index is 0.0560. The van der Waals surface area contributed by atoms with Crippen LogP contribution in [0.4, 0.5) is 5.82 Å². The number of methoxy groups -OCH3 is 2. The molecule has 0 aromatic carbocycles. The van der Waals surface area contributed by atoms with E-state index in [2.05, 4.69) is 24.8 Å². The summed E-state index contributed by atoms with van der Waals surface area (Å²) in [7, 11) is 3.28. The molecule has 10 nitrogen and oxygen atoms in total. The van der Waals surface area contributed by atoms with Gasteiger partial charge < -0.3 is 29.2 Å². The first-order valence-electron chi connectivity index (χ1n) is 12.4. The van der Waals surface area contributed by atoms with Crippen molar-refractivity contribution in [1.29, 1.82) is 0 Å². The van der Waals surface area contributed by atoms with Crippen molar-refractivity contribution in [3.63, 3.8) is 0 Å². The summed E-state index contributed by atoms with van der Waals surface area (Å²) in [6.07, 6.45) is 5.55. The number of hydrogen-bond acceptors (Lipinski definition) is 9. The second kappa shape index (κ2) is 11.7. The molecule has 10 heteroatoms. The van der Waals surface area contributed by atoms with Crippen LogP contribution in [0.5, 0.6) is 11.8 Å². The van der Waals surface area contributed by atoms with Crippen molar-refractivity contribution < 1.29 is 24.1 Å². The average Bonchev–Trinajstić information content (AvgIpc) is 3.33. The van der Waals surface area contributed by atoms with E-state index in [1.807, 2.05) is 26.1 Å². The number of piperidine rings is 1. The number of hydrogen-bond donors (Lipinski definition) is 2. The number of fused-ring (bicyclic) bond motifs is 1. The zero-order chi connectivity index (χ0) is 25.7. The number of aromatic nitrogens is 4. The summed E-state index contributed by atoms with van der Waals surface area (Å²) in [6.45, 7) is 5.56. The Labute approximate surface area is 211 Å². The lowest BCUT2D eigenvalue weighted by atomic mass is 9.89. The lowest BCUT2D eigenvalue weighted by molar-refractivity contribution is 0.0842. The fourth-order valence-electron chi connectivity index (χ4n) is 4.67. The summed E-state index contributed by atoms with van der Waals surface area (Å²) in [4.78, 5) is 31.8. The largest absolute Gasteiger partial charge is 0.496 e. The number of nitrogens with zero attached hydrogens (tertiary/aromatic N) is 4. The molecule has 0 amide bonds. The number of aliphatic hydroxyl groups excluding tert-OH is 1. The summed E-state index contributed by atoms with van der Waals surface area (Å²) in [6, 6.07) is 3.78. The maximum absolute atomic E-state index is 12.9. The van der Waals surface area contributed by atoms with Crippen molar-refractivity contribution in [2.75, 3.05) is 45.4 Å². The van der Waals surface area contributed by atoms with E-state index in [-0.39, 0.29) is 36.8 Å². The number of aromatic amines is 1. The average molecular weight is 498 g/mol. The number of ketones is 1. The number of carbonyl (C=O) groups is 1. The highest BCUT2D eigenvalue weighted by molar-refractivity contribution is 5.95. The van der Waals surface area contributed by atoms with Crippen molar-refractivity contribution in [1.82, 2.24) is 19.9 Å². The van der Waals surface area contributed by atoms with E-state index in [4.69, 9.17) is 14.2 Å². The Bertz CT molecular complexity index is 1170. The van der Waals surface area contributed by atoms with Crippen LogP contribution in [0.1, 0.15) is 55.1 Å². The number of rotatable bonds is 11. The third-order valence-corrected chi connectivity index (χ3v) is 6.58. The highest BCUT2D eigenvalue weighted by Crippen LogP contribution is 2.37. The van der Waals surface area contributed by atoms with Gasteiger partial charge in [0.05, 0.1) is 19.1 Å². The van der Waals surface area contributed by atoms with Crippen LogP contribution in [-0.4, -0.2) is 77.5 Å². The smallest absolute Gasteiger partial charge is 0.319 e. The van der Waals surface area contributed by atoms with Gasteiger partial charge in [-0.05, 0) is 43.2 Å². The van der Waals surface area contributed by atoms with Crippen molar-refractivity contribution in [2.45, 2.75) is 45.1 Å². The van der Waals surface area contributed by atoms with Gasteiger partial charge in [-0.2, -0.15) is 9.97 Å². The summed E-state index contributed by atoms with van der Waals surface area (Å²) in [5, 5.41) is 10.4. The molecule has 1 saturated heterocycles. The molecule has 1 fully saturated rings. The minimum atomic E-state index is -0.263. The Hall–Kier alpha value is -3.24. The molecule has 1 aliphatic heterocycles. The van der Waals surface area contributed by atoms with E-state index in [0.29, 0.717) is 24.0 Å². The van der Waals surface area contributed by atoms with Gasteiger partial charge in [0.1, 0.15) is 29.0 Å². The number of H-pyrrole nitrogens is 1. The molecule has 0 spiro atoms. The Balaban J connectivity index is 1.54. The van der Waals surface area contributed by atoms with Crippen molar-refractivity contribution >= 4 is 22.6 Å². The first-order valence-corrected chi connectivity index (χ1v) is 12.4. The van der Waals surface area contributed by atoms with E-state index in [9.17, 15) is 9.90 Å². The van der Waals surface area contributed by atoms with Crippen molar-refractivity contribution in [2.24, 2.45) is 5.92 Å². The normalized spacial score (nSPS) is 16.2. The van der Waals surface area contributed by atoms with Crippen LogP contribution in [0, 0.1) is 5.92 Å². The van der Waals surface area contributed by atoms with E-state index in [0.717, 1.165) is 42.7 Å². The van der Waals surface area contributed by atoms with Crippen LogP contribution in [0.25, 0.3) is 11.0 Å². The van der Waals surface area contributed by atoms with Gasteiger partial charge in [0.25, 0.3) is 0 Å². The predicted molar refractivity (Wildman–Crippen MR) is 136 cm³/mol. The zero-order valence-electron chi connectivity index (χ0n) is 21.4. The van der Waals surface area contributed by atoms with Crippen LogP contribution >= 0.6 is 0 Å². The predicted octanol–water partition coefficient (Wildman–Crippen LogP) is 3.36. The number of anilines is 1. The Morgan fingerprint density at radius 1 is 1.25 bits per heavy atom. The molecule has 4 heterocycles. The summed E-state index contributed by atoms with van der Waals surface area (Å²) in [5.41, 5.74) is 2.34. The Kier molecular flexibility index (Phi) is 8.37. The summed E-state index contributed by atoms with van der Waals surface area (Å²) in [5.74, 6) is 1.55. The molecule has 0 saturated carbocycles. The second-order valence-electron chi connectivity index (χ2n) is 9.43. The number of nitrogens with one attached hydrogen (secondary N) is 1. The third kappa shape index (κ3) is 5.76. The van der Waals surface area contributed by atoms with Crippen LogP contribution in [0.3, 0.4) is 0 Å². The zero-order valence-corrected chi connectivity index (χ0v) is 21.4. The monoisotopic (exact) mass is 497 g/mol. The van der Waals surface area contributed by atoms with Crippen LogP contribution < -0.4 is 14.4 Å². The van der Waals surface area contributed by atoms with Gasteiger partial charge in [-0.1, -0.05) is 6.92 Å². The van der Waals surface area contributed by atoms with Crippen LogP contribution in [-0.2, 0) is 4.74 Å². The minimum Gasteiger partial charge on any atom is -0.496 e. The highest BCUT2D eigenvalue weighted by Gasteiger charge is 2.27. The van der Waals surface area contributed by atoms with E-state index < -0.39 is 0 Å². The quantitative estimate of drug-likeness (QED) is 0.384. The van der Waals surface area contributed by atoms with E-state index >= 15 is 0 Å². The fraction of sp³-hybridized carbons (Fsp3) is 0.538. The molecule has 2 atom stereocenters. The molecule has 4 rings (SSSR count). The number of pyridine rings is 1. The van der Waals surface area contributed by atoms with Gasteiger partial charge in [-0.3, -0.25) is 4.79 Å². The molecule has 0 radical (unpaired) electrons. The number of aliphatic hydroxyl groups is 1. The standard InChI is InChI=1S/C26H35N5O5/c1-16(14-32)11-21(33)20-12-23(30-26(29-20)36-17(2)15-34-3)31-9-6-18(7-10-31)19-13-28-25-24(19)22(35-4)5-8-27-25/h5,8,12-13,16-18,32H,6-7,9-11,14-15H2,1-4H3,(H,27,28)/t16-,17+/m0/s1.